The van der Waals surface area contributed by atoms with Crippen LogP contribution in [0.15, 0.2) is 29.4 Å². The van der Waals surface area contributed by atoms with Gasteiger partial charge in [0.25, 0.3) is 0 Å². The van der Waals surface area contributed by atoms with Crippen LogP contribution in [-0.4, -0.2) is 12.7 Å². The Labute approximate surface area is 152 Å². The van der Waals surface area contributed by atoms with Crippen molar-refractivity contribution in [1.82, 2.24) is 4.57 Å². The van der Waals surface area contributed by atoms with E-state index in [9.17, 15) is 8.60 Å². The lowest BCUT2D eigenvalue weighted by atomic mass is 10.3. The van der Waals surface area contributed by atoms with E-state index in [4.69, 9.17) is 63.3 Å². The summed E-state index contributed by atoms with van der Waals surface area (Å²) in [5.41, 5.74) is 0.213. The number of aromatic nitrogens is 1. The number of nitriles is 1. The molecule has 1 atom stereocenters. The molecule has 0 aliphatic carbocycles. The van der Waals surface area contributed by atoms with Gasteiger partial charge in [-0.25, -0.2) is 4.21 Å². The van der Waals surface area contributed by atoms with Crippen LogP contribution in [0.3, 0.4) is 0 Å². The van der Waals surface area contributed by atoms with Crippen molar-refractivity contribution in [3.8, 4) is 11.8 Å². The molecule has 1 aromatic heterocycles. The van der Waals surface area contributed by atoms with Crippen molar-refractivity contribution >= 4 is 68.8 Å². The maximum atomic E-state index is 13.5. The maximum absolute atomic E-state index is 13.5. The molecule has 0 amide bonds. The largest absolute Gasteiger partial charge is 0.337 e. The summed E-state index contributed by atoms with van der Waals surface area (Å²) in [4.78, 5) is -0.183. The summed E-state index contributed by atoms with van der Waals surface area (Å²) < 4.78 is 23.7. The second kappa shape index (κ2) is 6.56. The van der Waals surface area contributed by atoms with E-state index in [0.29, 0.717) is 10.7 Å². The fourth-order valence-corrected chi connectivity index (χ4v) is 3.97. The third kappa shape index (κ3) is 3.53. The Balaban J connectivity index is 2.64. The molecular formula is C12H4Cl5FN2OS. The lowest BCUT2D eigenvalue weighted by molar-refractivity contribution is 0.497. The molecule has 3 nitrogen and oxygen atoms in total. The van der Waals surface area contributed by atoms with Crippen molar-refractivity contribution in [3.05, 3.63) is 45.2 Å². The Hall–Kier alpha value is -0.480. The van der Waals surface area contributed by atoms with Gasteiger partial charge in [0.05, 0.1) is 26.2 Å². The van der Waals surface area contributed by atoms with Crippen molar-refractivity contribution in [3.63, 3.8) is 0 Å². The summed E-state index contributed by atoms with van der Waals surface area (Å²) >= 11 is 28.4. The highest BCUT2D eigenvalue weighted by atomic mass is 35.5. The third-order valence-electron chi connectivity index (χ3n) is 2.56. The highest BCUT2D eigenvalue weighted by Gasteiger charge is 2.35. The normalized spacial score (nSPS) is 13.0. The summed E-state index contributed by atoms with van der Waals surface area (Å²) in [6.45, 7) is 0. The summed E-state index contributed by atoms with van der Waals surface area (Å²) in [5, 5.41) is 9.79. The molecule has 0 N–H and O–H groups in total. The van der Waals surface area contributed by atoms with Crippen LogP contribution in [-0.2, 0) is 10.8 Å². The van der Waals surface area contributed by atoms with Crippen molar-refractivity contribution < 1.29 is 8.60 Å². The lowest BCUT2D eigenvalue weighted by Crippen LogP contribution is -2.13. The molecule has 1 aromatic carbocycles. The Morgan fingerprint density at radius 3 is 2.18 bits per heavy atom. The molecule has 10 heteroatoms. The minimum atomic E-state index is -3.04. The molecule has 0 spiro atoms. The van der Waals surface area contributed by atoms with E-state index in [-0.39, 0.29) is 20.5 Å². The average molecular weight is 421 g/mol. The lowest BCUT2D eigenvalue weighted by Gasteiger charge is -2.09. The van der Waals surface area contributed by atoms with Gasteiger partial charge in [-0.15, -0.1) is 0 Å². The van der Waals surface area contributed by atoms with Crippen LogP contribution in [0.4, 0.5) is 4.39 Å². The van der Waals surface area contributed by atoms with E-state index < -0.39 is 14.7 Å². The van der Waals surface area contributed by atoms with E-state index in [1.165, 1.54) is 29.1 Å². The summed E-state index contributed by atoms with van der Waals surface area (Å²) in [5.74, 6) is 0. The molecule has 0 aliphatic heterocycles. The van der Waals surface area contributed by atoms with E-state index in [1.54, 1.807) is 6.07 Å². The number of halogens is 6. The molecule has 1 unspecified atom stereocenters. The van der Waals surface area contributed by atoms with E-state index in [1.807, 2.05) is 0 Å². The molecule has 0 aliphatic rings. The number of benzene rings is 1. The van der Waals surface area contributed by atoms with Gasteiger partial charge in [-0.1, -0.05) is 58.0 Å². The minimum absolute atomic E-state index is 0.0799. The third-order valence-corrected chi connectivity index (χ3v) is 5.34. The average Bonchev–Trinajstić information content (AvgIpc) is 2.79. The second-order valence-electron chi connectivity index (χ2n) is 3.99. The SMILES string of the molecule is N#Cc1cn(-c2c(Cl)cc(Cl)cc2Cl)cc1S(=O)C(F)(Cl)Cl. The van der Waals surface area contributed by atoms with Crippen LogP contribution in [0, 0.1) is 11.3 Å². The minimum Gasteiger partial charge on any atom is -0.319 e. The number of rotatable bonds is 3. The van der Waals surface area contributed by atoms with Gasteiger partial charge in [0.1, 0.15) is 16.9 Å². The van der Waals surface area contributed by atoms with Crippen LogP contribution < -0.4 is 0 Å². The quantitative estimate of drug-likeness (QED) is 0.618. The Kier molecular flexibility index (Phi) is 5.33. The zero-order valence-electron chi connectivity index (χ0n) is 10.3. The molecule has 0 bridgehead atoms. The standard InChI is InChI=1S/C12H4Cl5FN2OS/c13-7-1-8(14)11(9(15)2-7)20-4-6(3-19)10(5-20)22(21)12(16,17)18/h1-2,4-5H. The van der Waals surface area contributed by atoms with Crippen LogP contribution >= 0.6 is 58.0 Å². The monoisotopic (exact) mass is 418 g/mol. The van der Waals surface area contributed by atoms with Crippen LogP contribution in [0.5, 0.6) is 0 Å². The Morgan fingerprint density at radius 2 is 1.73 bits per heavy atom. The number of hydrogen-bond acceptors (Lipinski definition) is 2. The van der Waals surface area contributed by atoms with E-state index in [2.05, 4.69) is 0 Å². The summed E-state index contributed by atoms with van der Waals surface area (Å²) in [7, 11) is -2.47. The van der Waals surface area contributed by atoms with Crippen molar-refractivity contribution in [2.45, 2.75) is 8.81 Å². The van der Waals surface area contributed by atoms with E-state index >= 15 is 0 Å². The van der Waals surface area contributed by atoms with Crippen LogP contribution in [0.2, 0.25) is 15.1 Å². The molecule has 0 saturated heterocycles. The molecular weight excluding hydrogens is 416 g/mol. The zero-order chi connectivity index (χ0) is 16.7. The highest BCUT2D eigenvalue weighted by molar-refractivity contribution is 7.89. The smallest absolute Gasteiger partial charge is 0.319 e. The molecule has 2 aromatic rings. The maximum Gasteiger partial charge on any atom is 0.337 e. The van der Waals surface area contributed by atoms with Gasteiger partial charge in [-0.05, 0) is 12.1 Å². The van der Waals surface area contributed by atoms with Gasteiger partial charge in [-0.3, -0.25) is 0 Å². The zero-order valence-corrected chi connectivity index (χ0v) is 14.9. The van der Waals surface area contributed by atoms with Crippen molar-refractivity contribution in [2.75, 3.05) is 0 Å². The molecule has 0 fully saturated rings. The van der Waals surface area contributed by atoms with Gasteiger partial charge in [0.15, 0.2) is 0 Å². The summed E-state index contributed by atoms with van der Waals surface area (Å²) in [6, 6.07) is 4.66. The van der Waals surface area contributed by atoms with Gasteiger partial charge in [0.2, 0.25) is 0 Å². The predicted octanol–water partition coefficient (Wildman–Crippen LogP) is 5.48. The second-order valence-corrected chi connectivity index (χ2v) is 8.46. The van der Waals surface area contributed by atoms with Gasteiger partial charge in [0, 0.05) is 17.4 Å². The van der Waals surface area contributed by atoms with Gasteiger partial charge in [-0.2, -0.15) is 9.65 Å². The first-order valence-corrected chi connectivity index (χ1v) is 8.44. The first kappa shape index (κ1) is 17.9. The Bertz CT molecular complexity index is 786. The predicted molar refractivity (Wildman–Crippen MR) is 87.5 cm³/mol. The van der Waals surface area contributed by atoms with Crippen molar-refractivity contribution in [1.29, 1.82) is 5.26 Å². The van der Waals surface area contributed by atoms with Crippen molar-refractivity contribution in [2.24, 2.45) is 0 Å². The molecule has 0 saturated carbocycles. The first-order valence-electron chi connectivity index (χ1n) is 5.40. The van der Waals surface area contributed by atoms with Gasteiger partial charge >= 0.3 is 3.92 Å². The first-order chi connectivity index (χ1) is 10.1. The Morgan fingerprint density at radius 1 is 1.18 bits per heavy atom. The van der Waals surface area contributed by atoms with Gasteiger partial charge < -0.3 is 4.57 Å². The molecule has 1 heterocycles. The molecule has 2 rings (SSSR count). The number of alkyl halides is 3. The summed E-state index contributed by atoms with van der Waals surface area (Å²) in [6.07, 6.45) is 2.50. The molecule has 116 valence electrons. The van der Waals surface area contributed by atoms with Crippen LogP contribution in [0.1, 0.15) is 5.56 Å². The topological polar surface area (TPSA) is 45.8 Å². The van der Waals surface area contributed by atoms with Crippen LogP contribution in [0.25, 0.3) is 5.69 Å². The highest BCUT2D eigenvalue weighted by Crippen LogP contribution is 2.36. The van der Waals surface area contributed by atoms with E-state index in [0.717, 1.165) is 0 Å². The molecule has 22 heavy (non-hydrogen) atoms. The molecule has 0 radical (unpaired) electrons. The number of hydrogen-bond donors (Lipinski definition) is 0. The fraction of sp³-hybridized carbons (Fsp3) is 0.0833. The fourth-order valence-electron chi connectivity index (χ4n) is 1.70. The number of nitrogens with zero attached hydrogens (tertiary/aromatic N) is 2.